The van der Waals surface area contributed by atoms with Gasteiger partial charge in [0.2, 0.25) is 0 Å². The van der Waals surface area contributed by atoms with E-state index < -0.39 is 0 Å². The number of nitrogen functional groups attached to an aromatic ring is 1. The Morgan fingerprint density at radius 2 is 1.67 bits per heavy atom. The maximum Gasteiger partial charge on any atom is 0.268 e. The van der Waals surface area contributed by atoms with Gasteiger partial charge in [0.15, 0.2) is 0 Å². The third-order valence-electron chi connectivity index (χ3n) is 6.44. The molecule has 5 aromatic rings. The lowest BCUT2D eigenvalue weighted by Crippen LogP contribution is -2.26. The molecule has 39 heavy (non-hydrogen) atoms. The SMILES string of the molecule is N#Cc1cccc(Cn2c(C(=O)NCc3cccc(C(=N)N)c3)cc3cc(OCc4ccccc4)ccc32)c1. The molecule has 4 N–H and O–H groups in total. The molecule has 0 aliphatic carbocycles. The number of carbonyl (C=O) groups is 1. The smallest absolute Gasteiger partial charge is 0.268 e. The molecule has 1 amide bonds. The van der Waals surface area contributed by atoms with Gasteiger partial charge in [0, 0.05) is 29.6 Å². The van der Waals surface area contributed by atoms with Crippen LogP contribution in [0.4, 0.5) is 0 Å². The Labute approximate surface area is 226 Å². The number of hydrogen-bond acceptors (Lipinski definition) is 4. The molecule has 0 atom stereocenters. The summed E-state index contributed by atoms with van der Waals surface area (Å²) in [5.74, 6) is 0.457. The highest BCUT2D eigenvalue weighted by molar-refractivity contribution is 5.99. The number of amides is 1. The summed E-state index contributed by atoms with van der Waals surface area (Å²) in [6.07, 6.45) is 0. The molecule has 7 heteroatoms. The van der Waals surface area contributed by atoms with Crippen LogP contribution >= 0.6 is 0 Å². The molecule has 0 saturated heterocycles. The highest BCUT2D eigenvalue weighted by Gasteiger charge is 2.17. The van der Waals surface area contributed by atoms with E-state index in [1.807, 2.05) is 89.5 Å². The number of benzene rings is 4. The molecule has 0 radical (unpaired) electrons. The third kappa shape index (κ3) is 5.97. The van der Waals surface area contributed by atoms with Gasteiger partial charge in [0.1, 0.15) is 23.9 Å². The molecule has 0 spiro atoms. The van der Waals surface area contributed by atoms with E-state index in [1.54, 1.807) is 18.2 Å². The number of nitrogens with zero attached hydrogens (tertiary/aromatic N) is 2. The standard InChI is InChI=1S/C32H27N5O2/c33-18-23-8-4-10-25(14-23)20-37-29-13-12-28(39-21-22-6-2-1-3-7-22)16-27(29)17-30(37)32(38)36-19-24-9-5-11-26(15-24)31(34)35/h1-17H,19-21H2,(H3,34,35)(H,36,38). The minimum atomic E-state index is -0.234. The molecule has 0 bridgehead atoms. The lowest BCUT2D eigenvalue weighted by atomic mass is 10.1. The minimum absolute atomic E-state index is 0.0202. The van der Waals surface area contributed by atoms with Crippen molar-refractivity contribution < 1.29 is 9.53 Å². The van der Waals surface area contributed by atoms with Crippen LogP contribution in [0.2, 0.25) is 0 Å². The fourth-order valence-corrected chi connectivity index (χ4v) is 4.48. The Morgan fingerprint density at radius 3 is 2.46 bits per heavy atom. The van der Waals surface area contributed by atoms with Gasteiger partial charge in [-0.25, -0.2) is 0 Å². The van der Waals surface area contributed by atoms with Crippen molar-refractivity contribution in [1.29, 1.82) is 10.7 Å². The second-order valence-corrected chi connectivity index (χ2v) is 9.22. The number of amidine groups is 1. The molecule has 0 saturated carbocycles. The first-order chi connectivity index (χ1) is 19.0. The molecular formula is C32H27N5O2. The van der Waals surface area contributed by atoms with Gasteiger partial charge in [-0.3, -0.25) is 10.2 Å². The topological polar surface area (TPSA) is 117 Å². The molecule has 0 fully saturated rings. The number of fused-ring (bicyclic) bond motifs is 1. The molecular weight excluding hydrogens is 486 g/mol. The molecule has 4 aromatic carbocycles. The van der Waals surface area contributed by atoms with Crippen LogP contribution in [0.15, 0.2) is 103 Å². The van der Waals surface area contributed by atoms with Crippen LogP contribution in [-0.4, -0.2) is 16.3 Å². The summed E-state index contributed by atoms with van der Waals surface area (Å²) >= 11 is 0. The predicted molar refractivity (Wildman–Crippen MR) is 152 cm³/mol. The lowest BCUT2D eigenvalue weighted by Gasteiger charge is -2.12. The Bertz CT molecular complexity index is 1700. The van der Waals surface area contributed by atoms with Crippen LogP contribution in [0.5, 0.6) is 5.75 Å². The van der Waals surface area contributed by atoms with Crippen LogP contribution < -0.4 is 15.8 Å². The van der Waals surface area contributed by atoms with Crippen molar-refractivity contribution in [3.05, 3.63) is 137 Å². The monoisotopic (exact) mass is 513 g/mol. The molecule has 192 valence electrons. The molecule has 0 aliphatic rings. The first kappa shape index (κ1) is 25.3. The zero-order chi connectivity index (χ0) is 27.2. The Morgan fingerprint density at radius 1 is 0.897 bits per heavy atom. The van der Waals surface area contributed by atoms with Crippen LogP contribution in [0, 0.1) is 16.7 Å². The summed E-state index contributed by atoms with van der Waals surface area (Å²) in [6.45, 7) is 1.16. The zero-order valence-electron chi connectivity index (χ0n) is 21.2. The number of ether oxygens (including phenoxy) is 1. The quantitative estimate of drug-likeness (QED) is 0.182. The van der Waals surface area contributed by atoms with E-state index in [9.17, 15) is 10.1 Å². The predicted octanol–water partition coefficient (Wildman–Crippen LogP) is 5.35. The normalized spacial score (nSPS) is 10.6. The average Bonchev–Trinajstić information content (AvgIpc) is 3.33. The van der Waals surface area contributed by atoms with E-state index in [0.717, 1.165) is 27.6 Å². The van der Waals surface area contributed by atoms with Gasteiger partial charge in [-0.05, 0) is 59.2 Å². The number of hydrogen-bond donors (Lipinski definition) is 3. The highest BCUT2D eigenvalue weighted by Crippen LogP contribution is 2.27. The minimum Gasteiger partial charge on any atom is -0.489 e. The van der Waals surface area contributed by atoms with Crippen molar-refractivity contribution in [3.63, 3.8) is 0 Å². The number of nitrogens with one attached hydrogen (secondary N) is 2. The van der Waals surface area contributed by atoms with Crippen LogP contribution in [0.25, 0.3) is 10.9 Å². The Balaban J connectivity index is 1.44. The number of nitriles is 1. The molecule has 1 heterocycles. The van der Waals surface area contributed by atoms with Crippen molar-refractivity contribution in [2.24, 2.45) is 5.73 Å². The van der Waals surface area contributed by atoms with E-state index in [2.05, 4.69) is 11.4 Å². The molecule has 1 aromatic heterocycles. The van der Waals surface area contributed by atoms with Crippen molar-refractivity contribution in [2.75, 3.05) is 0 Å². The largest absolute Gasteiger partial charge is 0.489 e. The van der Waals surface area contributed by atoms with Crippen LogP contribution in [-0.2, 0) is 19.7 Å². The van der Waals surface area contributed by atoms with Crippen molar-refractivity contribution in [2.45, 2.75) is 19.7 Å². The second kappa shape index (κ2) is 11.4. The second-order valence-electron chi connectivity index (χ2n) is 9.22. The van der Waals surface area contributed by atoms with Crippen LogP contribution in [0.1, 0.15) is 38.3 Å². The van der Waals surface area contributed by atoms with Crippen molar-refractivity contribution >= 4 is 22.6 Å². The van der Waals surface area contributed by atoms with E-state index in [4.69, 9.17) is 15.9 Å². The third-order valence-corrected chi connectivity index (χ3v) is 6.44. The summed E-state index contributed by atoms with van der Waals surface area (Å²) in [7, 11) is 0. The van der Waals surface area contributed by atoms with Gasteiger partial charge >= 0.3 is 0 Å². The molecule has 0 aliphatic heterocycles. The highest BCUT2D eigenvalue weighted by atomic mass is 16.5. The summed E-state index contributed by atoms with van der Waals surface area (Å²) in [6, 6.07) is 34.4. The molecule has 7 nitrogen and oxygen atoms in total. The van der Waals surface area contributed by atoms with Gasteiger partial charge in [0.25, 0.3) is 5.91 Å². The van der Waals surface area contributed by atoms with E-state index in [-0.39, 0.29) is 18.3 Å². The number of rotatable bonds is 9. The lowest BCUT2D eigenvalue weighted by molar-refractivity contribution is 0.0942. The van der Waals surface area contributed by atoms with Crippen molar-refractivity contribution in [1.82, 2.24) is 9.88 Å². The number of nitrogens with two attached hydrogens (primary N) is 1. The van der Waals surface area contributed by atoms with E-state index in [1.165, 1.54) is 0 Å². The maximum atomic E-state index is 13.5. The summed E-state index contributed by atoms with van der Waals surface area (Å²) < 4.78 is 7.97. The molecule has 5 rings (SSSR count). The van der Waals surface area contributed by atoms with Gasteiger partial charge in [-0.1, -0.05) is 60.7 Å². The van der Waals surface area contributed by atoms with Gasteiger partial charge < -0.3 is 20.4 Å². The number of aromatic nitrogens is 1. The first-order valence-electron chi connectivity index (χ1n) is 12.5. The summed E-state index contributed by atoms with van der Waals surface area (Å²) in [5.41, 5.74) is 11.0. The first-order valence-corrected chi connectivity index (χ1v) is 12.5. The Hall–Kier alpha value is -5.35. The zero-order valence-corrected chi connectivity index (χ0v) is 21.2. The van der Waals surface area contributed by atoms with Crippen LogP contribution in [0.3, 0.4) is 0 Å². The fraction of sp³-hybridized carbons (Fsp3) is 0.0938. The number of carbonyl (C=O) groups excluding carboxylic acids is 1. The van der Waals surface area contributed by atoms with Crippen molar-refractivity contribution in [3.8, 4) is 11.8 Å². The van der Waals surface area contributed by atoms with E-state index >= 15 is 0 Å². The summed E-state index contributed by atoms with van der Waals surface area (Å²) in [4.78, 5) is 13.5. The molecule has 0 unspecified atom stereocenters. The van der Waals surface area contributed by atoms with E-state index in [0.29, 0.717) is 35.7 Å². The van der Waals surface area contributed by atoms with Gasteiger partial charge in [-0.15, -0.1) is 0 Å². The fourth-order valence-electron chi connectivity index (χ4n) is 4.48. The Kier molecular flexibility index (Phi) is 7.37. The van der Waals surface area contributed by atoms with Gasteiger partial charge in [-0.2, -0.15) is 5.26 Å². The maximum absolute atomic E-state index is 13.5. The van der Waals surface area contributed by atoms with Gasteiger partial charge in [0.05, 0.1) is 11.6 Å². The average molecular weight is 514 g/mol. The summed E-state index contributed by atoms with van der Waals surface area (Å²) in [5, 5.41) is 20.9.